The van der Waals surface area contributed by atoms with Gasteiger partial charge >= 0.3 is 6.29 Å². The summed E-state index contributed by atoms with van der Waals surface area (Å²) in [4.78, 5) is 13.8. The minimum atomic E-state index is -3.65. The molecule has 2 heterocycles. The zero-order valence-corrected chi connectivity index (χ0v) is 10.9. The molecule has 106 valence electrons. The summed E-state index contributed by atoms with van der Waals surface area (Å²) in [5.74, 6) is -0.254. The number of halogens is 2. The maximum absolute atomic E-state index is 13.0. The van der Waals surface area contributed by atoms with E-state index in [0.29, 0.717) is 10.9 Å². The van der Waals surface area contributed by atoms with Crippen molar-refractivity contribution in [1.29, 1.82) is 0 Å². The molecule has 0 atom stereocenters. The summed E-state index contributed by atoms with van der Waals surface area (Å²) < 4.78 is 36.2. The Morgan fingerprint density at radius 2 is 1.95 bits per heavy atom. The topological polar surface area (TPSA) is 43.7 Å². The van der Waals surface area contributed by atoms with Crippen LogP contribution < -0.4 is 9.47 Å². The summed E-state index contributed by atoms with van der Waals surface area (Å²) >= 11 is 0. The predicted molar refractivity (Wildman–Crippen MR) is 67.3 cm³/mol. The summed E-state index contributed by atoms with van der Waals surface area (Å²) in [6.07, 6.45) is -2.05. The van der Waals surface area contributed by atoms with E-state index in [-0.39, 0.29) is 24.0 Å². The molecule has 0 aliphatic carbocycles. The summed E-state index contributed by atoms with van der Waals surface area (Å²) in [7, 11) is 3.55. The molecule has 1 aromatic carbocycles. The molecule has 20 heavy (non-hydrogen) atoms. The monoisotopic (exact) mass is 282 g/mol. The van der Waals surface area contributed by atoms with Gasteiger partial charge in [0.2, 0.25) is 5.91 Å². The first-order chi connectivity index (χ1) is 9.35. The standard InChI is InChI=1S/C13H12F2N2O3/c1-16(2)7-12(18)17-4-3-8-5-10-11(6-9(8)17)20-13(14,15)19-10/h3-6H,7H2,1-2H3. The zero-order chi connectivity index (χ0) is 14.5. The maximum atomic E-state index is 13.0. The Labute approximate surface area is 113 Å². The van der Waals surface area contributed by atoms with Gasteiger partial charge in [0.25, 0.3) is 0 Å². The molecule has 1 aliphatic heterocycles. The van der Waals surface area contributed by atoms with Crippen LogP contribution in [-0.2, 0) is 0 Å². The third kappa shape index (κ3) is 2.09. The highest BCUT2D eigenvalue weighted by Gasteiger charge is 2.43. The van der Waals surface area contributed by atoms with Crippen LogP contribution in [0.15, 0.2) is 24.4 Å². The van der Waals surface area contributed by atoms with Crippen molar-refractivity contribution in [3.63, 3.8) is 0 Å². The number of likely N-dealkylation sites (N-methyl/N-ethyl adjacent to an activating group) is 1. The largest absolute Gasteiger partial charge is 0.586 e. The van der Waals surface area contributed by atoms with Crippen molar-refractivity contribution < 1.29 is 23.0 Å². The molecule has 7 heteroatoms. The van der Waals surface area contributed by atoms with Gasteiger partial charge in [-0.1, -0.05) is 0 Å². The molecule has 0 radical (unpaired) electrons. The van der Waals surface area contributed by atoms with Crippen molar-refractivity contribution in [2.45, 2.75) is 6.29 Å². The second kappa shape index (κ2) is 4.17. The quantitative estimate of drug-likeness (QED) is 0.846. The molecular weight excluding hydrogens is 270 g/mol. The summed E-state index contributed by atoms with van der Waals surface area (Å²) in [6.45, 7) is 0.217. The number of carbonyl (C=O) groups is 1. The molecule has 0 N–H and O–H groups in total. The van der Waals surface area contributed by atoms with Gasteiger partial charge in [0, 0.05) is 17.6 Å². The smallest absolute Gasteiger partial charge is 0.395 e. The molecule has 0 spiro atoms. The van der Waals surface area contributed by atoms with Gasteiger partial charge < -0.3 is 14.4 Å². The van der Waals surface area contributed by atoms with E-state index in [0.717, 1.165) is 0 Å². The molecule has 0 amide bonds. The van der Waals surface area contributed by atoms with E-state index in [4.69, 9.17) is 0 Å². The Balaban J connectivity index is 2.04. The minimum absolute atomic E-state index is 0.0275. The highest BCUT2D eigenvalue weighted by molar-refractivity contribution is 5.95. The van der Waals surface area contributed by atoms with E-state index >= 15 is 0 Å². The lowest BCUT2D eigenvalue weighted by Crippen LogP contribution is -2.26. The maximum Gasteiger partial charge on any atom is 0.586 e. The Kier molecular flexibility index (Phi) is 2.68. The summed E-state index contributed by atoms with van der Waals surface area (Å²) in [6, 6.07) is 4.49. The molecule has 5 nitrogen and oxygen atoms in total. The van der Waals surface area contributed by atoms with E-state index in [1.165, 1.54) is 16.7 Å². The number of benzene rings is 1. The number of hydrogen-bond acceptors (Lipinski definition) is 4. The molecule has 1 aromatic heterocycles. The molecule has 2 aromatic rings. The Hall–Kier alpha value is -2.15. The van der Waals surface area contributed by atoms with Gasteiger partial charge in [-0.2, -0.15) is 0 Å². The Morgan fingerprint density at radius 1 is 1.30 bits per heavy atom. The average Bonchev–Trinajstić information content (AvgIpc) is 2.82. The van der Waals surface area contributed by atoms with E-state index in [2.05, 4.69) is 9.47 Å². The number of alkyl halides is 2. The number of fused-ring (bicyclic) bond motifs is 2. The van der Waals surface area contributed by atoms with Crippen molar-refractivity contribution in [3.05, 3.63) is 24.4 Å². The normalized spacial score (nSPS) is 16.1. The predicted octanol–water partition coefficient (Wildman–Crippen LogP) is 2.16. The van der Waals surface area contributed by atoms with Crippen LogP contribution in [0.3, 0.4) is 0 Å². The second-order valence-corrected chi connectivity index (χ2v) is 4.84. The van der Waals surface area contributed by atoms with E-state index in [1.807, 2.05) is 0 Å². The molecule has 1 aliphatic rings. The minimum Gasteiger partial charge on any atom is -0.395 e. The van der Waals surface area contributed by atoms with Crippen LogP contribution in [0.4, 0.5) is 8.78 Å². The van der Waals surface area contributed by atoms with Crippen LogP contribution in [0.2, 0.25) is 0 Å². The fraction of sp³-hybridized carbons (Fsp3) is 0.308. The van der Waals surface area contributed by atoms with E-state index < -0.39 is 6.29 Å². The first-order valence-electron chi connectivity index (χ1n) is 5.94. The average molecular weight is 282 g/mol. The zero-order valence-electron chi connectivity index (χ0n) is 10.9. The molecule has 0 fully saturated rings. The van der Waals surface area contributed by atoms with Crippen LogP contribution in [-0.4, -0.2) is 42.3 Å². The van der Waals surface area contributed by atoms with Crippen LogP contribution in [0, 0.1) is 0 Å². The number of ether oxygens (including phenoxy) is 2. The van der Waals surface area contributed by atoms with Gasteiger partial charge in [0.05, 0.1) is 12.1 Å². The molecule has 0 saturated carbocycles. The number of nitrogens with zero attached hydrogens (tertiary/aromatic N) is 2. The number of hydrogen-bond donors (Lipinski definition) is 0. The molecule has 0 saturated heterocycles. The fourth-order valence-electron chi connectivity index (χ4n) is 2.14. The number of rotatable bonds is 2. The first-order valence-corrected chi connectivity index (χ1v) is 5.94. The SMILES string of the molecule is CN(C)CC(=O)n1ccc2cc3c(cc21)OC(F)(F)O3. The Morgan fingerprint density at radius 3 is 2.60 bits per heavy atom. The lowest BCUT2D eigenvalue weighted by Gasteiger charge is -2.10. The van der Waals surface area contributed by atoms with Gasteiger partial charge in [0.15, 0.2) is 11.5 Å². The van der Waals surface area contributed by atoms with Crippen molar-refractivity contribution in [2.75, 3.05) is 20.6 Å². The number of aromatic nitrogens is 1. The highest BCUT2D eigenvalue weighted by Crippen LogP contribution is 2.43. The number of carbonyl (C=O) groups excluding carboxylic acids is 1. The lowest BCUT2D eigenvalue weighted by molar-refractivity contribution is -0.286. The highest BCUT2D eigenvalue weighted by atomic mass is 19.3. The van der Waals surface area contributed by atoms with Crippen molar-refractivity contribution in [1.82, 2.24) is 9.47 Å². The third-order valence-corrected chi connectivity index (χ3v) is 2.93. The van der Waals surface area contributed by atoms with E-state index in [9.17, 15) is 13.6 Å². The molecule has 0 unspecified atom stereocenters. The summed E-state index contributed by atoms with van der Waals surface area (Å²) in [5, 5.41) is 0.636. The van der Waals surface area contributed by atoms with Crippen molar-refractivity contribution >= 4 is 16.8 Å². The van der Waals surface area contributed by atoms with Gasteiger partial charge in [-0.05, 0) is 26.2 Å². The van der Waals surface area contributed by atoms with Crippen LogP contribution in [0.25, 0.3) is 10.9 Å². The van der Waals surface area contributed by atoms with Gasteiger partial charge in [0.1, 0.15) is 0 Å². The van der Waals surface area contributed by atoms with Crippen LogP contribution >= 0.6 is 0 Å². The first kappa shape index (κ1) is 12.9. The molecular formula is C13H12F2N2O3. The fourth-order valence-corrected chi connectivity index (χ4v) is 2.14. The van der Waals surface area contributed by atoms with Gasteiger partial charge in [-0.3, -0.25) is 9.36 Å². The third-order valence-electron chi connectivity index (χ3n) is 2.93. The second-order valence-electron chi connectivity index (χ2n) is 4.84. The van der Waals surface area contributed by atoms with E-state index in [1.54, 1.807) is 31.3 Å². The summed E-state index contributed by atoms with van der Waals surface area (Å²) in [5.41, 5.74) is 0.511. The molecule has 0 bridgehead atoms. The Bertz CT molecular complexity index is 694. The van der Waals surface area contributed by atoms with Gasteiger partial charge in [-0.15, -0.1) is 8.78 Å². The molecule has 3 rings (SSSR count). The van der Waals surface area contributed by atoms with Crippen LogP contribution in [0.1, 0.15) is 4.79 Å². The van der Waals surface area contributed by atoms with Gasteiger partial charge in [-0.25, -0.2) is 0 Å². The van der Waals surface area contributed by atoms with Crippen molar-refractivity contribution in [3.8, 4) is 11.5 Å². The lowest BCUT2D eigenvalue weighted by atomic mass is 10.2. The van der Waals surface area contributed by atoms with Crippen molar-refractivity contribution in [2.24, 2.45) is 0 Å². The van der Waals surface area contributed by atoms with Crippen LogP contribution in [0.5, 0.6) is 11.5 Å².